The van der Waals surface area contributed by atoms with E-state index < -0.39 is 0 Å². The van der Waals surface area contributed by atoms with Crippen LogP contribution in [-0.2, 0) is 6.42 Å². The van der Waals surface area contributed by atoms with Gasteiger partial charge in [0.15, 0.2) is 0 Å². The zero-order chi connectivity index (χ0) is 13.6. The van der Waals surface area contributed by atoms with Crippen LogP contribution in [0.2, 0.25) is 0 Å². The number of ether oxygens (including phenoxy) is 1. The lowest BCUT2D eigenvalue weighted by atomic mass is 10.1. The van der Waals surface area contributed by atoms with E-state index in [-0.39, 0.29) is 0 Å². The van der Waals surface area contributed by atoms with E-state index in [0.29, 0.717) is 0 Å². The average Bonchev–Trinajstić information content (AvgIpc) is 2.53. The second-order valence-corrected chi connectivity index (χ2v) is 4.74. The molecule has 0 radical (unpaired) electrons. The molecule has 0 atom stereocenters. The van der Waals surface area contributed by atoms with Crippen LogP contribution in [-0.4, -0.2) is 11.6 Å². The van der Waals surface area contributed by atoms with Gasteiger partial charge in [0.25, 0.3) is 0 Å². The van der Waals surface area contributed by atoms with Crippen LogP contribution in [0.25, 0.3) is 10.8 Å². The summed E-state index contributed by atoms with van der Waals surface area (Å²) in [4.78, 5) is 4.50. The molecule has 20 heavy (non-hydrogen) atoms. The van der Waals surface area contributed by atoms with E-state index in [2.05, 4.69) is 35.3 Å². The minimum absolute atomic E-state index is 0.717. The van der Waals surface area contributed by atoms with Crippen molar-refractivity contribution in [2.75, 3.05) is 6.61 Å². The van der Waals surface area contributed by atoms with E-state index >= 15 is 0 Å². The molecule has 2 nitrogen and oxygen atoms in total. The molecule has 0 saturated heterocycles. The Hall–Kier alpha value is -2.35. The molecule has 100 valence electrons. The van der Waals surface area contributed by atoms with E-state index in [1.807, 2.05) is 36.5 Å². The molecule has 0 amide bonds. The standard InChI is InChI=1S/C18H17NO/c1-2-8-16(9-3-1)20-14-6-11-18-17-10-5-4-7-15(17)12-13-19-18/h1-5,7-10,12-13H,6,11,14H2. The zero-order valence-electron chi connectivity index (χ0n) is 11.3. The van der Waals surface area contributed by atoms with Gasteiger partial charge < -0.3 is 4.74 Å². The summed E-state index contributed by atoms with van der Waals surface area (Å²) in [6.07, 6.45) is 3.79. The van der Waals surface area contributed by atoms with E-state index in [4.69, 9.17) is 4.74 Å². The smallest absolute Gasteiger partial charge is 0.119 e. The topological polar surface area (TPSA) is 22.1 Å². The molecule has 2 heteroatoms. The molecule has 0 aliphatic carbocycles. The first kappa shape index (κ1) is 12.7. The monoisotopic (exact) mass is 263 g/mol. The van der Waals surface area contributed by atoms with Crippen LogP contribution in [0.5, 0.6) is 5.75 Å². The number of aromatic nitrogens is 1. The molecule has 1 aromatic heterocycles. The van der Waals surface area contributed by atoms with Crippen LogP contribution in [0.15, 0.2) is 66.9 Å². The third-order valence-electron chi connectivity index (χ3n) is 3.33. The van der Waals surface area contributed by atoms with Crippen molar-refractivity contribution < 1.29 is 4.74 Å². The lowest BCUT2D eigenvalue weighted by Crippen LogP contribution is -2.00. The van der Waals surface area contributed by atoms with E-state index in [1.165, 1.54) is 10.8 Å². The number of nitrogens with zero attached hydrogens (tertiary/aromatic N) is 1. The SMILES string of the molecule is c1ccc(OCCCc2nccc3ccccc23)cc1. The summed E-state index contributed by atoms with van der Waals surface area (Å²) in [5, 5.41) is 2.50. The first-order chi connectivity index (χ1) is 9.93. The largest absolute Gasteiger partial charge is 0.494 e. The number of hydrogen-bond acceptors (Lipinski definition) is 2. The fourth-order valence-corrected chi connectivity index (χ4v) is 2.33. The third-order valence-corrected chi connectivity index (χ3v) is 3.33. The molecule has 0 N–H and O–H groups in total. The van der Waals surface area contributed by atoms with Crippen molar-refractivity contribution in [3.05, 3.63) is 72.6 Å². The van der Waals surface area contributed by atoms with Crippen molar-refractivity contribution in [2.45, 2.75) is 12.8 Å². The summed E-state index contributed by atoms with van der Waals surface area (Å²) in [5.74, 6) is 0.929. The summed E-state index contributed by atoms with van der Waals surface area (Å²) in [7, 11) is 0. The predicted molar refractivity (Wildman–Crippen MR) is 82.0 cm³/mol. The third kappa shape index (κ3) is 2.97. The first-order valence-electron chi connectivity index (χ1n) is 6.94. The van der Waals surface area contributed by atoms with Gasteiger partial charge in [-0.05, 0) is 36.4 Å². The maximum atomic E-state index is 5.71. The Labute approximate surface area is 119 Å². The van der Waals surface area contributed by atoms with Crippen LogP contribution < -0.4 is 4.74 Å². The second kappa shape index (κ2) is 6.20. The van der Waals surface area contributed by atoms with E-state index in [9.17, 15) is 0 Å². The van der Waals surface area contributed by atoms with Crippen molar-refractivity contribution in [3.8, 4) is 5.75 Å². The highest BCUT2D eigenvalue weighted by atomic mass is 16.5. The summed E-state index contributed by atoms with van der Waals surface area (Å²) < 4.78 is 5.71. The lowest BCUT2D eigenvalue weighted by molar-refractivity contribution is 0.310. The quantitative estimate of drug-likeness (QED) is 0.642. The highest BCUT2D eigenvalue weighted by molar-refractivity contribution is 5.84. The van der Waals surface area contributed by atoms with Gasteiger partial charge >= 0.3 is 0 Å². The summed E-state index contributed by atoms with van der Waals surface area (Å²) >= 11 is 0. The number of fused-ring (bicyclic) bond motifs is 1. The van der Waals surface area contributed by atoms with E-state index in [1.54, 1.807) is 0 Å². The van der Waals surface area contributed by atoms with Crippen molar-refractivity contribution in [1.82, 2.24) is 4.98 Å². The highest BCUT2D eigenvalue weighted by Crippen LogP contribution is 2.17. The summed E-state index contributed by atoms with van der Waals surface area (Å²) in [6.45, 7) is 0.717. The molecule has 3 aromatic rings. The van der Waals surface area contributed by atoms with E-state index in [0.717, 1.165) is 30.9 Å². The molecule has 2 aromatic carbocycles. The normalized spacial score (nSPS) is 10.6. The number of hydrogen-bond donors (Lipinski definition) is 0. The Balaban J connectivity index is 1.60. The van der Waals surface area contributed by atoms with Gasteiger partial charge in [-0.3, -0.25) is 4.98 Å². The molecule has 1 heterocycles. The highest BCUT2D eigenvalue weighted by Gasteiger charge is 2.01. The summed E-state index contributed by atoms with van der Waals surface area (Å²) in [5.41, 5.74) is 1.15. The maximum absolute atomic E-state index is 5.71. The molecule has 0 unspecified atom stereocenters. The lowest BCUT2D eigenvalue weighted by Gasteiger charge is -2.07. The van der Waals surface area contributed by atoms with Crippen LogP contribution in [0.4, 0.5) is 0 Å². The molecule has 0 fully saturated rings. The van der Waals surface area contributed by atoms with Crippen LogP contribution in [0.3, 0.4) is 0 Å². The van der Waals surface area contributed by atoms with Gasteiger partial charge in [-0.2, -0.15) is 0 Å². The van der Waals surface area contributed by atoms with Gasteiger partial charge in [-0.1, -0.05) is 42.5 Å². The Bertz CT molecular complexity index is 674. The van der Waals surface area contributed by atoms with Gasteiger partial charge in [0.1, 0.15) is 5.75 Å². The van der Waals surface area contributed by atoms with Crippen LogP contribution in [0.1, 0.15) is 12.1 Å². The molecular formula is C18H17NO. The molecule has 3 rings (SSSR count). The number of para-hydroxylation sites is 1. The number of benzene rings is 2. The second-order valence-electron chi connectivity index (χ2n) is 4.74. The van der Waals surface area contributed by atoms with Gasteiger partial charge in [0.2, 0.25) is 0 Å². The van der Waals surface area contributed by atoms with Crippen LogP contribution >= 0.6 is 0 Å². The average molecular weight is 263 g/mol. The Morgan fingerprint density at radius 2 is 1.65 bits per heavy atom. The summed E-state index contributed by atoms with van der Waals surface area (Å²) in [6, 6.07) is 20.4. The maximum Gasteiger partial charge on any atom is 0.119 e. The number of rotatable bonds is 5. The molecule has 0 saturated carbocycles. The van der Waals surface area contributed by atoms with Gasteiger partial charge in [-0.25, -0.2) is 0 Å². The predicted octanol–water partition coefficient (Wildman–Crippen LogP) is 4.25. The van der Waals surface area contributed by atoms with Crippen LogP contribution in [0, 0.1) is 0 Å². The fraction of sp³-hybridized carbons (Fsp3) is 0.167. The zero-order valence-corrected chi connectivity index (χ0v) is 11.3. The van der Waals surface area contributed by atoms with Gasteiger partial charge in [0, 0.05) is 17.3 Å². The molecule has 0 spiro atoms. The fourth-order valence-electron chi connectivity index (χ4n) is 2.33. The minimum Gasteiger partial charge on any atom is -0.494 e. The molecular weight excluding hydrogens is 246 g/mol. The van der Waals surface area contributed by atoms with Crippen molar-refractivity contribution in [1.29, 1.82) is 0 Å². The molecule has 0 bridgehead atoms. The van der Waals surface area contributed by atoms with Gasteiger partial charge in [0.05, 0.1) is 6.61 Å². The number of aryl methyl sites for hydroxylation is 1. The van der Waals surface area contributed by atoms with Gasteiger partial charge in [-0.15, -0.1) is 0 Å². The van der Waals surface area contributed by atoms with Crippen molar-refractivity contribution in [3.63, 3.8) is 0 Å². The minimum atomic E-state index is 0.717. The number of pyridine rings is 1. The Kier molecular flexibility index (Phi) is 3.93. The molecule has 0 aliphatic rings. The Morgan fingerprint density at radius 3 is 2.55 bits per heavy atom. The molecule has 0 aliphatic heterocycles. The van der Waals surface area contributed by atoms with Crippen molar-refractivity contribution >= 4 is 10.8 Å². The van der Waals surface area contributed by atoms with Crippen molar-refractivity contribution in [2.24, 2.45) is 0 Å². The Morgan fingerprint density at radius 1 is 0.850 bits per heavy atom. The first-order valence-corrected chi connectivity index (χ1v) is 6.94.